The molecule has 2 bridgehead atoms. The Kier molecular flexibility index (Phi) is 8.62. The second-order valence-electron chi connectivity index (χ2n) is 11.9. The van der Waals surface area contributed by atoms with Gasteiger partial charge in [-0.05, 0) is 57.1 Å². The molecule has 1 aromatic carbocycles. The van der Waals surface area contributed by atoms with Gasteiger partial charge in [-0.3, -0.25) is 14.4 Å². The van der Waals surface area contributed by atoms with Crippen molar-refractivity contribution in [3.8, 4) is 0 Å². The van der Waals surface area contributed by atoms with E-state index < -0.39 is 29.1 Å². The molecular formula is C32H45N3O5. The van der Waals surface area contributed by atoms with Crippen molar-refractivity contribution in [1.29, 1.82) is 0 Å². The molecule has 1 aromatic rings. The minimum Gasteiger partial charge on any atom is -0.396 e. The lowest BCUT2D eigenvalue weighted by molar-refractivity contribution is -0.151. The Labute approximate surface area is 238 Å². The van der Waals surface area contributed by atoms with Crippen molar-refractivity contribution >= 4 is 23.4 Å². The number of hydrogen-bond donors (Lipinski definition) is 1. The van der Waals surface area contributed by atoms with Crippen LogP contribution in [0.3, 0.4) is 0 Å². The second-order valence-corrected chi connectivity index (χ2v) is 11.9. The summed E-state index contributed by atoms with van der Waals surface area (Å²) >= 11 is 0. The van der Waals surface area contributed by atoms with Crippen LogP contribution in [0.25, 0.3) is 0 Å². The van der Waals surface area contributed by atoms with Gasteiger partial charge in [-0.2, -0.15) is 0 Å². The number of carbonyl (C=O) groups is 3. The van der Waals surface area contributed by atoms with Gasteiger partial charge in [0, 0.05) is 38.5 Å². The molecule has 3 aliphatic heterocycles. The third kappa shape index (κ3) is 4.49. The van der Waals surface area contributed by atoms with Crippen LogP contribution in [-0.4, -0.2) is 82.7 Å². The third-order valence-electron chi connectivity index (χ3n) is 9.31. The van der Waals surface area contributed by atoms with Gasteiger partial charge in [0.05, 0.1) is 17.4 Å². The predicted octanol–water partition coefficient (Wildman–Crippen LogP) is 3.64. The van der Waals surface area contributed by atoms with E-state index in [1.165, 1.54) is 0 Å². The van der Waals surface area contributed by atoms with Crippen molar-refractivity contribution < 1.29 is 24.2 Å². The molecule has 3 unspecified atom stereocenters. The van der Waals surface area contributed by atoms with Crippen LogP contribution in [0.4, 0.5) is 5.69 Å². The topological polar surface area (TPSA) is 90.4 Å². The fourth-order valence-electron chi connectivity index (χ4n) is 7.59. The molecule has 1 N–H and O–H groups in total. The van der Waals surface area contributed by atoms with Crippen LogP contribution in [0.2, 0.25) is 0 Å². The van der Waals surface area contributed by atoms with Gasteiger partial charge in [-0.25, -0.2) is 0 Å². The number of fused-ring (bicyclic) bond motifs is 1. The van der Waals surface area contributed by atoms with E-state index in [1.807, 2.05) is 45.9 Å². The van der Waals surface area contributed by atoms with Gasteiger partial charge in [-0.15, -0.1) is 13.2 Å². The molecule has 1 spiro atoms. The standard InChI is InChI=1S/C32H45N3O5/c1-8-15-33(16-9-2)28(37)24-25-29(38)35(18-12-19-36)27(32(25)20-23(6)31(24,7)40-32)30(39)34(17-10-3)26-21(4)13-11-14-22(26)5/h8,10-11,13-14,23-25,27,36H,1,3,9,12,15-20H2,2,4-7H3/t23?,24-,25-,27?,31+,32?/m0/s1. The van der Waals surface area contributed by atoms with Gasteiger partial charge in [0.1, 0.15) is 11.6 Å². The molecule has 8 heteroatoms. The molecule has 3 amide bonds. The fraction of sp³-hybridized carbons (Fsp3) is 0.594. The largest absolute Gasteiger partial charge is 0.396 e. The number of benzene rings is 1. The molecule has 3 heterocycles. The van der Waals surface area contributed by atoms with E-state index in [-0.39, 0.29) is 43.3 Å². The van der Waals surface area contributed by atoms with Crippen LogP contribution in [0.5, 0.6) is 0 Å². The van der Waals surface area contributed by atoms with E-state index in [1.54, 1.807) is 26.9 Å². The number of likely N-dealkylation sites (tertiary alicyclic amines) is 1. The van der Waals surface area contributed by atoms with Crippen molar-refractivity contribution in [2.45, 2.75) is 71.1 Å². The highest BCUT2D eigenvalue weighted by Crippen LogP contribution is 2.65. The van der Waals surface area contributed by atoms with E-state index in [9.17, 15) is 19.5 Å². The third-order valence-corrected chi connectivity index (χ3v) is 9.31. The average molecular weight is 552 g/mol. The number of aliphatic hydroxyl groups is 1. The van der Waals surface area contributed by atoms with Crippen molar-refractivity contribution in [2.24, 2.45) is 17.8 Å². The summed E-state index contributed by atoms with van der Waals surface area (Å²) in [5.41, 5.74) is 0.662. The first-order chi connectivity index (χ1) is 19.0. The fourth-order valence-corrected chi connectivity index (χ4v) is 7.59. The molecule has 3 saturated heterocycles. The Morgan fingerprint density at radius 2 is 1.82 bits per heavy atom. The molecule has 3 fully saturated rings. The minimum absolute atomic E-state index is 0.0427. The van der Waals surface area contributed by atoms with Crippen molar-refractivity contribution in [1.82, 2.24) is 9.80 Å². The van der Waals surface area contributed by atoms with E-state index in [0.717, 1.165) is 23.2 Å². The summed E-state index contributed by atoms with van der Waals surface area (Å²) in [6, 6.07) is 4.97. The number of aliphatic hydroxyl groups excluding tert-OH is 1. The number of amides is 3. The number of hydrogen-bond acceptors (Lipinski definition) is 5. The molecule has 4 rings (SSSR count). The number of rotatable bonds is 12. The summed E-state index contributed by atoms with van der Waals surface area (Å²) in [6.07, 6.45) is 5.00. The first-order valence-corrected chi connectivity index (χ1v) is 14.5. The number of nitrogens with zero attached hydrogens (tertiary/aromatic N) is 3. The number of carbonyl (C=O) groups excluding carboxylic acids is 3. The molecule has 0 saturated carbocycles. The Hall–Kier alpha value is -2.97. The molecule has 40 heavy (non-hydrogen) atoms. The van der Waals surface area contributed by atoms with Crippen LogP contribution < -0.4 is 4.90 Å². The highest BCUT2D eigenvalue weighted by Gasteiger charge is 2.80. The zero-order valence-electron chi connectivity index (χ0n) is 24.7. The lowest BCUT2D eigenvalue weighted by atomic mass is 9.62. The average Bonchev–Trinajstić information content (AvgIpc) is 3.42. The highest BCUT2D eigenvalue weighted by molar-refractivity contribution is 6.05. The molecule has 3 aliphatic rings. The highest BCUT2D eigenvalue weighted by atomic mass is 16.5. The molecular weight excluding hydrogens is 506 g/mol. The summed E-state index contributed by atoms with van der Waals surface area (Å²) in [6.45, 7) is 19.0. The number of para-hydroxylation sites is 1. The predicted molar refractivity (Wildman–Crippen MR) is 156 cm³/mol. The number of anilines is 1. The smallest absolute Gasteiger partial charge is 0.253 e. The van der Waals surface area contributed by atoms with Gasteiger partial charge < -0.3 is 24.5 Å². The van der Waals surface area contributed by atoms with E-state index in [0.29, 0.717) is 25.9 Å². The van der Waals surface area contributed by atoms with Crippen molar-refractivity contribution in [2.75, 3.05) is 37.7 Å². The van der Waals surface area contributed by atoms with Gasteiger partial charge in [0.25, 0.3) is 5.91 Å². The van der Waals surface area contributed by atoms with Crippen LogP contribution in [0.15, 0.2) is 43.5 Å². The first kappa shape index (κ1) is 30.0. The minimum atomic E-state index is -1.14. The molecule has 8 nitrogen and oxygen atoms in total. The normalized spacial score (nSPS) is 30.4. The SMILES string of the molecule is C=CCN(CCC)C(=O)[C@@H]1[C@H]2C(=O)N(CCCO)C(C(=O)N(CC=C)c3c(C)cccc3C)C23CC(C)[C@@]1(C)O3. The Morgan fingerprint density at radius 1 is 1.18 bits per heavy atom. The lowest BCUT2D eigenvalue weighted by Gasteiger charge is -2.39. The van der Waals surface area contributed by atoms with Gasteiger partial charge in [-0.1, -0.05) is 44.2 Å². The summed E-state index contributed by atoms with van der Waals surface area (Å²) in [5.74, 6) is -2.13. The van der Waals surface area contributed by atoms with Crippen LogP contribution in [0.1, 0.15) is 51.2 Å². The van der Waals surface area contributed by atoms with Gasteiger partial charge in [0.15, 0.2) is 0 Å². The van der Waals surface area contributed by atoms with Crippen LogP contribution >= 0.6 is 0 Å². The van der Waals surface area contributed by atoms with Gasteiger partial charge >= 0.3 is 0 Å². The summed E-state index contributed by atoms with van der Waals surface area (Å²) < 4.78 is 6.89. The van der Waals surface area contributed by atoms with Crippen molar-refractivity contribution in [3.63, 3.8) is 0 Å². The Morgan fingerprint density at radius 3 is 2.40 bits per heavy atom. The Balaban J connectivity index is 1.86. The maximum absolute atomic E-state index is 14.7. The van der Waals surface area contributed by atoms with Crippen LogP contribution in [0, 0.1) is 31.6 Å². The zero-order valence-corrected chi connectivity index (χ0v) is 24.7. The van der Waals surface area contributed by atoms with Crippen molar-refractivity contribution in [3.05, 3.63) is 54.6 Å². The molecule has 0 aliphatic carbocycles. The Bertz CT molecular complexity index is 1160. The maximum Gasteiger partial charge on any atom is 0.253 e. The van der Waals surface area contributed by atoms with Gasteiger partial charge in [0.2, 0.25) is 11.8 Å². The molecule has 218 valence electrons. The monoisotopic (exact) mass is 551 g/mol. The lowest BCUT2D eigenvalue weighted by Crippen LogP contribution is -2.57. The quantitative estimate of drug-likeness (QED) is 0.401. The zero-order chi connectivity index (χ0) is 29.4. The second kappa shape index (κ2) is 11.5. The summed E-state index contributed by atoms with van der Waals surface area (Å²) in [4.78, 5) is 48.3. The van der Waals surface area contributed by atoms with E-state index in [4.69, 9.17) is 4.74 Å². The molecule has 0 radical (unpaired) electrons. The molecule has 0 aromatic heterocycles. The summed E-state index contributed by atoms with van der Waals surface area (Å²) in [5, 5.41) is 9.68. The van der Waals surface area contributed by atoms with E-state index in [2.05, 4.69) is 20.1 Å². The van der Waals surface area contributed by atoms with E-state index >= 15 is 0 Å². The first-order valence-electron chi connectivity index (χ1n) is 14.5. The molecule has 6 atom stereocenters. The van der Waals surface area contributed by atoms with Crippen LogP contribution in [-0.2, 0) is 19.1 Å². The maximum atomic E-state index is 14.7. The number of aryl methyl sites for hydroxylation is 2. The summed E-state index contributed by atoms with van der Waals surface area (Å²) in [7, 11) is 0. The number of ether oxygens (including phenoxy) is 1.